The maximum atomic E-state index is 13.8. The highest BCUT2D eigenvalue weighted by atomic mass is 19.1. The van der Waals surface area contributed by atoms with Crippen LogP contribution >= 0.6 is 0 Å². The van der Waals surface area contributed by atoms with Crippen molar-refractivity contribution in [2.45, 2.75) is 45.3 Å². The highest BCUT2D eigenvalue weighted by Gasteiger charge is 2.33. The molecule has 0 spiro atoms. The Labute approximate surface area is 135 Å². The molecule has 0 aromatic heterocycles. The molecule has 2 rings (SSSR count). The lowest BCUT2D eigenvalue weighted by atomic mass is 10.0. The van der Waals surface area contributed by atoms with Gasteiger partial charge in [-0.1, -0.05) is 6.07 Å². The highest BCUT2D eigenvalue weighted by molar-refractivity contribution is 5.89. The van der Waals surface area contributed by atoms with Crippen LogP contribution in [0.2, 0.25) is 0 Å². The first-order valence-electron chi connectivity index (χ1n) is 7.60. The van der Waals surface area contributed by atoms with Gasteiger partial charge in [-0.3, -0.25) is 0 Å². The van der Waals surface area contributed by atoms with Crippen LogP contribution in [0.15, 0.2) is 18.2 Å². The molecule has 1 saturated heterocycles. The van der Waals surface area contributed by atoms with Gasteiger partial charge in [0.2, 0.25) is 0 Å². The molecule has 1 unspecified atom stereocenters. The van der Waals surface area contributed by atoms with Gasteiger partial charge in [-0.2, -0.15) is 0 Å². The largest absolute Gasteiger partial charge is 0.465 e. The van der Waals surface area contributed by atoms with E-state index in [2.05, 4.69) is 4.74 Å². The molecule has 0 saturated carbocycles. The molecular weight excluding hydrogens is 301 g/mol. The molecule has 5 nitrogen and oxygen atoms in total. The lowest BCUT2D eigenvalue weighted by Crippen LogP contribution is -2.36. The molecule has 1 aliphatic rings. The van der Waals surface area contributed by atoms with Crippen LogP contribution in [0.25, 0.3) is 0 Å². The standard InChI is InChI=1S/C17H22FNO4/c1-17(2,3)23-16(21)19-9-5-6-14(19)11-7-8-13(18)12(10-11)15(20)22-4/h7-8,10,14H,5-6,9H2,1-4H3. The number of carbonyl (C=O) groups is 2. The molecular formula is C17H22FNO4. The zero-order valence-electron chi connectivity index (χ0n) is 13.9. The van der Waals surface area contributed by atoms with Crippen molar-refractivity contribution in [3.05, 3.63) is 35.1 Å². The second kappa shape index (κ2) is 6.56. The van der Waals surface area contributed by atoms with Crippen LogP contribution in [-0.4, -0.2) is 36.2 Å². The summed E-state index contributed by atoms with van der Waals surface area (Å²) in [5, 5.41) is 0. The summed E-state index contributed by atoms with van der Waals surface area (Å²) >= 11 is 0. The van der Waals surface area contributed by atoms with E-state index in [9.17, 15) is 14.0 Å². The van der Waals surface area contributed by atoms with Gasteiger partial charge in [-0.05, 0) is 51.3 Å². The molecule has 1 atom stereocenters. The first kappa shape index (κ1) is 17.2. The van der Waals surface area contributed by atoms with E-state index < -0.39 is 23.5 Å². The van der Waals surface area contributed by atoms with E-state index in [-0.39, 0.29) is 11.6 Å². The minimum Gasteiger partial charge on any atom is -0.465 e. The van der Waals surface area contributed by atoms with Gasteiger partial charge in [-0.15, -0.1) is 0 Å². The second-order valence-corrected chi connectivity index (χ2v) is 6.56. The Morgan fingerprint density at radius 1 is 1.30 bits per heavy atom. The molecule has 0 N–H and O–H groups in total. The summed E-state index contributed by atoms with van der Waals surface area (Å²) in [5.74, 6) is -1.37. The van der Waals surface area contributed by atoms with E-state index in [0.717, 1.165) is 12.8 Å². The van der Waals surface area contributed by atoms with Gasteiger partial charge in [0.15, 0.2) is 0 Å². The van der Waals surface area contributed by atoms with E-state index in [1.165, 1.54) is 19.2 Å². The number of benzene rings is 1. The van der Waals surface area contributed by atoms with Crippen molar-refractivity contribution in [3.63, 3.8) is 0 Å². The van der Waals surface area contributed by atoms with E-state index in [1.807, 2.05) is 20.8 Å². The molecule has 1 fully saturated rings. The van der Waals surface area contributed by atoms with Crippen molar-refractivity contribution < 1.29 is 23.5 Å². The predicted molar refractivity (Wildman–Crippen MR) is 82.7 cm³/mol. The number of carbonyl (C=O) groups excluding carboxylic acids is 2. The van der Waals surface area contributed by atoms with Crippen LogP contribution in [0.5, 0.6) is 0 Å². The normalized spacial score (nSPS) is 18.0. The van der Waals surface area contributed by atoms with Gasteiger partial charge in [0.1, 0.15) is 11.4 Å². The van der Waals surface area contributed by atoms with Crippen LogP contribution in [0, 0.1) is 5.82 Å². The van der Waals surface area contributed by atoms with Gasteiger partial charge >= 0.3 is 12.1 Å². The van der Waals surface area contributed by atoms with Crippen molar-refractivity contribution in [1.29, 1.82) is 0 Å². The Hall–Kier alpha value is -2.11. The van der Waals surface area contributed by atoms with E-state index in [4.69, 9.17) is 4.74 Å². The fourth-order valence-electron chi connectivity index (χ4n) is 2.67. The summed E-state index contributed by atoms with van der Waals surface area (Å²) in [7, 11) is 1.21. The van der Waals surface area contributed by atoms with Crippen molar-refractivity contribution in [1.82, 2.24) is 4.90 Å². The van der Waals surface area contributed by atoms with Crippen LogP contribution in [-0.2, 0) is 9.47 Å². The maximum Gasteiger partial charge on any atom is 0.410 e. The topological polar surface area (TPSA) is 55.8 Å². The molecule has 0 aliphatic carbocycles. The smallest absolute Gasteiger partial charge is 0.410 e. The summed E-state index contributed by atoms with van der Waals surface area (Å²) < 4.78 is 23.8. The number of likely N-dealkylation sites (tertiary alicyclic amines) is 1. The lowest BCUT2D eigenvalue weighted by molar-refractivity contribution is 0.0224. The number of ether oxygens (including phenoxy) is 2. The summed E-state index contributed by atoms with van der Waals surface area (Å²) in [5.41, 5.74) is 0.000642. The Balaban J connectivity index is 2.26. The fraction of sp³-hybridized carbons (Fsp3) is 0.529. The number of rotatable bonds is 2. The van der Waals surface area contributed by atoms with Crippen LogP contribution in [0.3, 0.4) is 0 Å². The lowest BCUT2D eigenvalue weighted by Gasteiger charge is -2.29. The summed E-state index contributed by atoms with van der Waals surface area (Å²) in [4.78, 5) is 25.6. The van der Waals surface area contributed by atoms with E-state index in [0.29, 0.717) is 12.1 Å². The number of hydrogen-bond donors (Lipinski definition) is 0. The van der Waals surface area contributed by atoms with E-state index in [1.54, 1.807) is 11.0 Å². The van der Waals surface area contributed by atoms with Gasteiger partial charge < -0.3 is 14.4 Å². The molecule has 0 bridgehead atoms. The van der Waals surface area contributed by atoms with Gasteiger partial charge in [-0.25, -0.2) is 14.0 Å². The Morgan fingerprint density at radius 2 is 2.00 bits per heavy atom. The summed E-state index contributed by atoms with van der Waals surface area (Å²) in [6, 6.07) is 4.05. The van der Waals surface area contributed by atoms with Crippen LogP contribution in [0.1, 0.15) is 55.6 Å². The van der Waals surface area contributed by atoms with Crippen molar-refractivity contribution in [2.24, 2.45) is 0 Å². The third-order valence-corrected chi connectivity index (χ3v) is 3.66. The third-order valence-electron chi connectivity index (χ3n) is 3.66. The zero-order valence-corrected chi connectivity index (χ0v) is 13.9. The number of methoxy groups -OCH3 is 1. The maximum absolute atomic E-state index is 13.8. The Bertz CT molecular complexity index is 609. The quantitative estimate of drug-likeness (QED) is 0.779. The predicted octanol–water partition coefficient (Wildman–Crippen LogP) is 3.68. The third kappa shape index (κ3) is 4.00. The fourth-order valence-corrected chi connectivity index (χ4v) is 2.67. The minimum atomic E-state index is -0.730. The average molecular weight is 323 g/mol. The Kier molecular flexibility index (Phi) is 4.92. The van der Waals surface area contributed by atoms with Crippen LogP contribution < -0.4 is 0 Å². The molecule has 23 heavy (non-hydrogen) atoms. The monoisotopic (exact) mass is 323 g/mol. The molecule has 126 valence electrons. The molecule has 1 aliphatic heterocycles. The summed E-state index contributed by atoms with van der Waals surface area (Å²) in [6.07, 6.45) is 1.17. The number of halogens is 1. The molecule has 1 aromatic rings. The summed E-state index contributed by atoms with van der Waals surface area (Å²) in [6.45, 7) is 6.00. The number of esters is 1. The Morgan fingerprint density at radius 3 is 2.61 bits per heavy atom. The second-order valence-electron chi connectivity index (χ2n) is 6.56. The first-order chi connectivity index (χ1) is 10.7. The van der Waals surface area contributed by atoms with Crippen LogP contribution in [0.4, 0.5) is 9.18 Å². The van der Waals surface area contributed by atoms with E-state index >= 15 is 0 Å². The minimum absolute atomic E-state index is 0.124. The molecule has 1 aromatic carbocycles. The average Bonchev–Trinajstić information content (AvgIpc) is 2.94. The van der Waals surface area contributed by atoms with Crippen molar-refractivity contribution in [3.8, 4) is 0 Å². The first-order valence-corrected chi connectivity index (χ1v) is 7.60. The van der Waals surface area contributed by atoms with Crippen molar-refractivity contribution >= 4 is 12.1 Å². The highest BCUT2D eigenvalue weighted by Crippen LogP contribution is 2.34. The van der Waals surface area contributed by atoms with Gasteiger partial charge in [0.05, 0.1) is 18.7 Å². The van der Waals surface area contributed by atoms with Gasteiger partial charge in [0.25, 0.3) is 0 Å². The number of amides is 1. The molecule has 0 radical (unpaired) electrons. The molecule has 6 heteroatoms. The van der Waals surface area contributed by atoms with Crippen molar-refractivity contribution in [2.75, 3.05) is 13.7 Å². The zero-order chi connectivity index (χ0) is 17.2. The SMILES string of the molecule is COC(=O)c1cc(C2CCCN2C(=O)OC(C)(C)C)ccc1F. The molecule has 1 heterocycles. The molecule has 1 amide bonds. The number of nitrogens with zero attached hydrogens (tertiary/aromatic N) is 1. The van der Waals surface area contributed by atoms with Gasteiger partial charge in [0, 0.05) is 6.54 Å². The number of hydrogen-bond acceptors (Lipinski definition) is 4.